The van der Waals surface area contributed by atoms with Crippen LogP contribution in [0.3, 0.4) is 0 Å². The highest BCUT2D eigenvalue weighted by Crippen LogP contribution is 2.24. The van der Waals surface area contributed by atoms with Gasteiger partial charge in [-0.15, -0.1) is 0 Å². The van der Waals surface area contributed by atoms with E-state index in [-0.39, 0.29) is 16.8 Å². The predicted molar refractivity (Wildman–Crippen MR) is 108 cm³/mol. The number of carbonyl (C=O) groups excluding carboxylic acids is 1. The highest BCUT2D eigenvalue weighted by atomic mass is 35.5. The minimum absolute atomic E-state index is 0.0240. The molecule has 1 amide bonds. The van der Waals surface area contributed by atoms with Gasteiger partial charge in [-0.2, -0.15) is 0 Å². The molecule has 0 aliphatic heterocycles. The van der Waals surface area contributed by atoms with Gasteiger partial charge in [-0.1, -0.05) is 55.5 Å². The molecule has 5 nitrogen and oxygen atoms in total. The van der Waals surface area contributed by atoms with E-state index in [0.717, 1.165) is 25.7 Å². The summed E-state index contributed by atoms with van der Waals surface area (Å²) in [6.07, 6.45) is 6.57. The van der Waals surface area contributed by atoms with Gasteiger partial charge in [-0.3, -0.25) is 9.52 Å². The molecule has 0 spiro atoms. The molecule has 1 aliphatic rings. The molecule has 0 radical (unpaired) electrons. The SMILES string of the molecule is O=C(NC1CCCCCC1)c1cccc(S(=O)(=O)Nc2ccccc2Cl)c1. The van der Waals surface area contributed by atoms with Crippen LogP contribution in [0.1, 0.15) is 48.9 Å². The molecule has 0 atom stereocenters. The zero-order valence-corrected chi connectivity index (χ0v) is 16.5. The number of sulfonamides is 1. The molecular weight excluding hydrogens is 384 g/mol. The number of rotatable bonds is 5. The van der Waals surface area contributed by atoms with Crippen molar-refractivity contribution in [3.05, 3.63) is 59.1 Å². The zero-order valence-electron chi connectivity index (χ0n) is 14.9. The molecule has 27 heavy (non-hydrogen) atoms. The van der Waals surface area contributed by atoms with E-state index in [1.165, 1.54) is 25.0 Å². The molecule has 2 aromatic carbocycles. The second-order valence-corrected chi connectivity index (χ2v) is 8.86. The van der Waals surface area contributed by atoms with Crippen LogP contribution in [0.5, 0.6) is 0 Å². The highest BCUT2D eigenvalue weighted by Gasteiger charge is 2.19. The van der Waals surface area contributed by atoms with Gasteiger partial charge in [0.1, 0.15) is 0 Å². The summed E-state index contributed by atoms with van der Waals surface area (Å²) in [7, 11) is -3.85. The molecule has 0 aromatic heterocycles. The molecule has 0 heterocycles. The fourth-order valence-electron chi connectivity index (χ4n) is 3.24. The lowest BCUT2D eigenvalue weighted by atomic mass is 10.1. The Morgan fingerprint density at radius 1 is 0.963 bits per heavy atom. The normalized spacial score (nSPS) is 15.7. The van der Waals surface area contributed by atoms with Crippen molar-refractivity contribution in [2.24, 2.45) is 0 Å². The smallest absolute Gasteiger partial charge is 0.261 e. The molecule has 0 unspecified atom stereocenters. The first kappa shape index (κ1) is 19.7. The van der Waals surface area contributed by atoms with Crippen molar-refractivity contribution in [1.29, 1.82) is 0 Å². The van der Waals surface area contributed by atoms with Gasteiger partial charge in [-0.05, 0) is 43.2 Å². The van der Waals surface area contributed by atoms with Crippen LogP contribution in [0.15, 0.2) is 53.4 Å². The number of hydrogen-bond donors (Lipinski definition) is 2. The van der Waals surface area contributed by atoms with Crippen molar-refractivity contribution >= 4 is 33.2 Å². The van der Waals surface area contributed by atoms with Crippen LogP contribution < -0.4 is 10.0 Å². The number of anilines is 1. The van der Waals surface area contributed by atoms with Gasteiger partial charge in [0, 0.05) is 11.6 Å². The Morgan fingerprint density at radius 2 is 1.67 bits per heavy atom. The third-order valence-corrected chi connectivity index (χ3v) is 6.41. The maximum Gasteiger partial charge on any atom is 0.261 e. The number of hydrogen-bond acceptors (Lipinski definition) is 3. The largest absolute Gasteiger partial charge is 0.349 e. The van der Waals surface area contributed by atoms with Crippen molar-refractivity contribution in [2.45, 2.75) is 49.5 Å². The molecule has 0 saturated heterocycles. The summed E-state index contributed by atoms with van der Waals surface area (Å²) in [4.78, 5) is 12.6. The fraction of sp³-hybridized carbons (Fsp3) is 0.350. The van der Waals surface area contributed by atoms with Gasteiger partial charge in [0.2, 0.25) is 0 Å². The van der Waals surface area contributed by atoms with Crippen LogP contribution in [0.2, 0.25) is 5.02 Å². The van der Waals surface area contributed by atoms with Crippen molar-refractivity contribution in [3.8, 4) is 0 Å². The molecule has 3 rings (SSSR count). The van der Waals surface area contributed by atoms with E-state index in [1.807, 2.05) is 0 Å². The van der Waals surface area contributed by atoms with Crippen LogP contribution >= 0.6 is 11.6 Å². The van der Waals surface area contributed by atoms with E-state index >= 15 is 0 Å². The third kappa shape index (κ3) is 5.23. The lowest BCUT2D eigenvalue weighted by Gasteiger charge is -2.16. The lowest BCUT2D eigenvalue weighted by molar-refractivity contribution is 0.0933. The molecule has 144 valence electrons. The Labute approximate surface area is 165 Å². The van der Waals surface area contributed by atoms with Gasteiger partial charge >= 0.3 is 0 Å². The number of benzene rings is 2. The van der Waals surface area contributed by atoms with Gasteiger partial charge < -0.3 is 5.32 Å². The Balaban J connectivity index is 1.76. The summed E-state index contributed by atoms with van der Waals surface area (Å²) in [5, 5.41) is 3.35. The second-order valence-electron chi connectivity index (χ2n) is 6.78. The minimum atomic E-state index is -3.85. The van der Waals surface area contributed by atoms with Gasteiger partial charge in [0.25, 0.3) is 15.9 Å². The molecule has 1 aliphatic carbocycles. The zero-order chi connectivity index (χ0) is 19.3. The van der Waals surface area contributed by atoms with E-state index in [9.17, 15) is 13.2 Å². The molecule has 2 aromatic rings. The summed E-state index contributed by atoms with van der Waals surface area (Å²) in [6.45, 7) is 0. The van der Waals surface area contributed by atoms with Crippen molar-refractivity contribution in [3.63, 3.8) is 0 Å². The van der Waals surface area contributed by atoms with Crippen LogP contribution in [-0.4, -0.2) is 20.4 Å². The first-order chi connectivity index (χ1) is 13.0. The first-order valence-electron chi connectivity index (χ1n) is 9.14. The van der Waals surface area contributed by atoms with Crippen molar-refractivity contribution in [1.82, 2.24) is 5.32 Å². The first-order valence-corrected chi connectivity index (χ1v) is 11.0. The van der Waals surface area contributed by atoms with Gasteiger partial charge in [-0.25, -0.2) is 8.42 Å². The maximum atomic E-state index is 12.7. The summed E-state index contributed by atoms with van der Waals surface area (Å²) < 4.78 is 27.8. The average molecular weight is 407 g/mol. The van der Waals surface area contributed by atoms with Crippen LogP contribution in [-0.2, 0) is 10.0 Å². The molecule has 1 fully saturated rings. The van der Waals surface area contributed by atoms with E-state index in [1.54, 1.807) is 36.4 Å². The number of amides is 1. The Morgan fingerprint density at radius 3 is 2.37 bits per heavy atom. The van der Waals surface area contributed by atoms with E-state index in [0.29, 0.717) is 16.3 Å². The number of carbonyl (C=O) groups is 1. The standard InChI is InChI=1S/C20H23ClN2O3S/c21-18-12-5-6-13-19(18)23-27(25,26)17-11-7-8-15(14-17)20(24)22-16-9-3-1-2-4-10-16/h5-8,11-14,16,23H,1-4,9-10H2,(H,22,24). The van der Waals surface area contributed by atoms with Crippen LogP contribution in [0.25, 0.3) is 0 Å². The summed E-state index contributed by atoms with van der Waals surface area (Å²) >= 11 is 6.03. The van der Waals surface area contributed by atoms with E-state index in [4.69, 9.17) is 11.6 Å². The fourth-order valence-corrected chi connectivity index (χ4v) is 4.61. The van der Waals surface area contributed by atoms with Crippen LogP contribution in [0.4, 0.5) is 5.69 Å². The van der Waals surface area contributed by atoms with Crippen molar-refractivity contribution in [2.75, 3.05) is 4.72 Å². The molecule has 1 saturated carbocycles. The maximum absolute atomic E-state index is 12.7. The molecule has 7 heteroatoms. The van der Waals surface area contributed by atoms with Gasteiger partial charge in [0.05, 0.1) is 15.6 Å². The highest BCUT2D eigenvalue weighted by molar-refractivity contribution is 7.92. The molecular formula is C20H23ClN2O3S. The Bertz CT molecular complexity index is 907. The number of nitrogens with one attached hydrogen (secondary N) is 2. The minimum Gasteiger partial charge on any atom is -0.349 e. The number of halogens is 1. The Hall–Kier alpha value is -2.05. The van der Waals surface area contributed by atoms with Crippen LogP contribution in [0, 0.1) is 0 Å². The molecule has 2 N–H and O–H groups in total. The van der Waals surface area contributed by atoms with E-state index < -0.39 is 10.0 Å². The van der Waals surface area contributed by atoms with E-state index in [2.05, 4.69) is 10.0 Å². The third-order valence-electron chi connectivity index (χ3n) is 4.72. The quantitative estimate of drug-likeness (QED) is 0.713. The summed E-state index contributed by atoms with van der Waals surface area (Å²) in [6, 6.07) is 12.8. The second kappa shape index (κ2) is 8.76. The summed E-state index contributed by atoms with van der Waals surface area (Å²) in [5.74, 6) is -0.239. The monoisotopic (exact) mass is 406 g/mol. The van der Waals surface area contributed by atoms with Crippen molar-refractivity contribution < 1.29 is 13.2 Å². The summed E-state index contributed by atoms with van der Waals surface area (Å²) in [5.41, 5.74) is 0.633. The average Bonchev–Trinajstić information content (AvgIpc) is 2.92. The predicted octanol–water partition coefficient (Wildman–Crippen LogP) is 4.59. The van der Waals surface area contributed by atoms with Gasteiger partial charge in [0.15, 0.2) is 0 Å². The Kier molecular flexibility index (Phi) is 6.39. The lowest BCUT2D eigenvalue weighted by Crippen LogP contribution is -2.34. The number of para-hydroxylation sites is 1. The topological polar surface area (TPSA) is 75.3 Å². The molecule has 0 bridgehead atoms.